The Bertz CT molecular complexity index is 1030. The van der Waals surface area contributed by atoms with Crippen molar-refractivity contribution in [2.24, 2.45) is 5.41 Å². The molecule has 1 saturated heterocycles. The SMILES string of the molecule is CC(C)(C)[C@@H](C(=O)N1C[C@H](O)C[C@H]1C(=O)NCc1nncn1C1CC1)n1cc(C2CC2)nn1. The maximum atomic E-state index is 13.8. The average Bonchev–Trinajstić information content (AvgIpc) is 3.65. The zero-order valence-corrected chi connectivity index (χ0v) is 19.4. The van der Waals surface area contributed by atoms with Gasteiger partial charge in [0.25, 0.3) is 0 Å². The lowest BCUT2D eigenvalue weighted by Crippen LogP contribution is -2.50. The van der Waals surface area contributed by atoms with Gasteiger partial charge in [0.05, 0.1) is 18.3 Å². The third-order valence-electron chi connectivity index (χ3n) is 6.72. The van der Waals surface area contributed by atoms with Gasteiger partial charge in [-0.1, -0.05) is 26.0 Å². The summed E-state index contributed by atoms with van der Waals surface area (Å²) in [7, 11) is 0. The highest BCUT2D eigenvalue weighted by molar-refractivity contribution is 5.90. The Morgan fingerprint density at radius 1 is 1.21 bits per heavy atom. The molecule has 2 amide bonds. The molecule has 33 heavy (non-hydrogen) atoms. The Balaban J connectivity index is 1.32. The highest BCUT2D eigenvalue weighted by Gasteiger charge is 2.45. The lowest BCUT2D eigenvalue weighted by Gasteiger charge is -2.34. The van der Waals surface area contributed by atoms with Crippen LogP contribution in [0.25, 0.3) is 0 Å². The third kappa shape index (κ3) is 4.50. The number of likely N-dealkylation sites (tertiary alicyclic amines) is 1. The van der Waals surface area contributed by atoms with Crippen molar-refractivity contribution in [3.63, 3.8) is 0 Å². The van der Waals surface area contributed by atoms with Gasteiger partial charge in [-0.15, -0.1) is 15.3 Å². The van der Waals surface area contributed by atoms with Crippen LogP contribution in [0.15, 0.2) is 12.5 Å². The van der Waals surface area contributed by atoms with E-state index in [1.807, 2.05) is 31.5 Å². The monoisotopic (exact) mass is 456 g/mol. The number of nitrogens with zero attached hydrogens (tertiary/aromatic N) is 7. The van der Waals surface area contributed by atoms with Crippen molar-refractivity contribution < 1.29 is 14.7 Å². The van der Waals surface area contributed by atoms with Crippen molar-refractivity contribution in [3.05, 3.63) is 24.0 Å². The molecule has 0 spiro atoms. The van der Waals surface area contributed by atoms with E-state index in [1.165, 1.54) is 4.90 Å². The summed E-state index contributed by atoms with van der Waals surface area (Å²) in [4.78, 5) is 28.4. The summed E-state index contributed by atoms with van der Waals surface area (Å²) in [5, 5.41) is 29.9. The van der Waals surface area contributed by atoms with Gasteiger partial charge in [-0.25, -0.2) is 4.68 Å². The van der Waals surface area contributed by atoms with Crippen LogP contribution < -0.4 is 5.32 Å². The predicted molar refractivity (Wildman–Crippen MR) is 117 cm³/mol. The maximum absolute atomic E-state index is 13.8. The average molecular weight is 457 g/mol. The second kappa shape index (κ2) is 8.19. The number of aromatic nitrogens is 6. The van der Waals surface area contributed by atoms with Gasteiger partial charge in [-0.05, 0) is 31.1 Å². The number of hydrogen-bond donors (Lipinski definition) is 2. The van der Waals surface area contributed by atoms with Gasteiger partial charge in [0.2, 0.25) is 11.8 Å². The van der Waals surface area contributed by atoms with Crippen molar-refractivity contribution in [2.45, 2.75) is 89.6 Å². The molecule has 3 heterocycles. The van der Waals surface area contributed by atoms with Gasteiger partial charge >= 0.3 is 0 Å². The molecule has 3 aliphatic rings. The number of carbonyl (C=O) groups is 2. The number of carbonyl (C=O) groups excluding carboxylic acids is 2. The summed E-state index contributed by atoms with van der Waals surface area (Å²) >= 11 is 0. The Kier molecular flexibility index (Phi) is 5.46. The second-order valence-corrected chi connectivity index (χ2v) is 10.7. The van der Waals surface area contributed by atoms with E-state index < -0.39 is 23.6 Å². The molecular weight excluding hydrogens is 424 g/mol. The van der Waals surface area contributed by atoms with Crippen LogP contribution in [0.5, 0.6) is 0 Å². The molecule has 5 rings (SSSR count). The van der Waals surface area contributed by atoms with Crippen LogP contribution in [0.1, 0.15) is 82.4 Å². The van der Waals surface area contributed by atoms with E-state index in [4.69, 9.17) is 0 Å². The molecule has 3 fully saturated rings. The quantitative estimate of drug-likeness (QED) is 0.634. The highest BCUT2D eigenvalue weighted by atomic mass is 16.3. The minimum absolute atomic E-state index is 0.117. The van der Waals surface area contributed by atoms with Crippen molar-refractivity contribution in [1.82, 2.24) is 40.0 Å². The Morgan fingerprint density at radius 2 is 1.97 bits per heavy atom. The Hall–Kier alpha value is -2.82. The number of rotatable bonds is 7. The summed E-state index contributed by atoms with van der Waals surface area (Å²) in [5.74, 6) is 0.604. The van der Waals surface area contributed by atoms with Gasteiger partial charge in [0.15, 0.2) is 5.82 Å². The van der Waals surface area contributed by atoms with Crippen LogP contribution in [0, 0.1) is 5.41 Å². The van der Waals surface area contributed by atoms with Crippen LogP contribution in [0.3, 0.4) is 0 Å². The van der Waals surface area contributed by atoms with E-state index in [2.05, 4.69) is 25.8 Å². The van der Waals surface area contributed by atoms with Crippen LogP contribution >= 0.6 is 0 Å². The lowest BCUT2D eigenvalue weighted by atomic mass is 9.85. The van der Waals surface area contributed by atoms with Crippen LogP contribution in [-0.2, 0) is 16.1 Å². The molecule has 178 valence electrons. The van der Waals surface area contributed by atoms with E-state index in [9.17, 15) is 14.7 Å². The van der Waals surface area contributed by atoms with Crippen molar-refractivity contribution in [2.75, 3.05) is 6.54 Å². The summed E-state index contributed by atoms with van der Waals surface area (Å²) in [6.07, 6.45) is 7.38. The molecule has 0 aromatic carbocycles. The zero-order valence-electron chi connectivity index (χ0n) is 19.4. The Morgan fingerprint density at radius 3 is 2.64 bits per heavy atom. The van der Waals surface area contributed by atoms with Crippen LogP contribution in [0.4, 0.5) is 0 Å². The maximum Gasteiger partial charge on any atom is 0.248 e. The van der Waals surface area contributed by atoms with Crippen LogP contribution in [-0.4, -0.2) is 70.3 Å². The van der Waals surface area contributed by atoms with Crippen LogP contribution in [0.2, 0.25) is 0 Å². The summed E-state index contributed by atoms with van der Waals surface area (Å²) in [5.41, 5.74) is 0.452. The largest absolute Gasteiger partial charge is 0.391 e. The number of aliphatic hydroxyl groups excluding tert-OH is 1. The van der Waals surface area contributed by atoms with Crippen molar-refractivity contribution in [3.8, 4) is 0 Å². The van der Waals surface area contributed by atoms with E-state index >= 15 is 0 Å². The predicted octanol–water partition coefficient (Wildman–Crippen LogP) is 0.947. The van der Waals surface area contributed by atoms with E-state index in [0.29, 0.717) is 17.8 Å². The van der Waals surface area contributed by atoms with Gasteiger partial charge in [-0.3, -0.25) is 9.59 Å². The van der Waals surface area contributed by atoms with Crippen molar-refractivity contribution in [1.29, 1.82) is 0 Å². The number of nitrogens with one attached hydrogen (secondary N) is 1. The zero-order chi connectivity index (χ0) is 23.3. The number of β-amino-alcohol motifs (C(OH)–C–C–N with tert-alkyl or cyclic N) is 1. The first-order valence-corrected chi connectivity index (χ1v) is 11.8. The molecule has 2 N–H and O–H groups in total. The molecule has 11 heteroatoms. The topological polar surface area (TPSA) is 131 Å². The number of amides is 2. The highest BCUT2D eigenvalue weighted by Crippen LogP contribution is 2.40. The fourth-order valence-electron chi connectivity index (χ4n) is 4.66. The first-order chi connectivity index (χ1) is 15.7. The minimum Gasteiger partial charge on any atom is -0.391 e. The molecule has 3 atom stereocenters. The van der Waals surface area contributed by atoms with Crippen molar-refractivity contribution >= 4 is 11.8 Å². The number of aliphatic hydroxyl groups is 1. The normalized spacial score (nSPS) is 24.2. The molecule has 2 aromatic rings. The second-order valence-electron chi connectivity index (χ2n) is 10.7. The molecule has 1 aliphatic heterocycles. The fourth-order valence-corrected chi connectivity index (χ4v) is 4.66. The van der Waals surface area contributed by atoms with E-state index in [1.54, 1.807) is 11.0 Å². The van der Waals surface area contributed by atoms with E-state index in [-0.39, 0.29) is 31.3 Å². The van der Waals surface area contributed by atoms with Gasteiger partial charge in [0.1, 0.15) is 18.4 Å². The molecule has 2 aliphatic carbocycles. The molecule has 2 aromatic heterocycles. The first-order valence-electron chi connectivity index (χ1n) is 11.8. The summed E-state index contributed by atoms with van der Waals surface area (Å²) in [6, 6.07) is -0.967. The lowest BCUT2D eigenvalue weighted by molar-refractivity contribution is -0.144. The standard InChI is InChI=1S/C22H32N8O3/c1-22(2,3)19(30-11-16(25-27-30)13-4-5-13)21(33)28-10-15(31)8-17(28)20(32)23-9-18-26-24-12-29(18)14-6-7-14/h11-15,17,19,31H,4-10H2,1-3H3,(H,23,32)/t15-,17+,19-/m1/s1. The summed E-state index contributed by atoms with van der Waals surface area (Å²) in [6.45, 7) is 6.27. The molecule has 2 saturated carbocycles. The third-order valence-corrected chi connectivity index (χ3v) is 6.72. The van der Waals surface area contributed by atoms with E-state index in [0.717, 1.165) is 31.4 Å². The molecular formula is C22H32N8O3. The van der Waals surface area contributed by atoms with Gasteiger partial charge in [-0.2, -0.15) is 0 Å². The molecule has 0 radical (unpaired) electrons. The molecule has 0 bridgehead atoms. The van der Waals surface area contributed by atoms with Gasteiger partial charge in [0, 0.05) is 31.1 Å². The minimum atomic E-state index is -0.752. The first kappa shape index (κ1) is 22.0. The Labute approximate surface area is 192 Å². The fraction of sp³-hybridized carbons (Fsp3) is 0.727. The smallest absolute Gasteiger partial charge is 0.248 e. The molecule has 11 nitrogen and oxygen atoms in total. The van der Waals surface area contributed by atoms with Gasteiger partial charge < -0.3 is 19.9 Å². The molecule has 0 unspecified atom stereocenters. The summed E-state index contributed by atoms with van der Waals surface area (Å²) < 4.78 is 3.62. The number of hydrogen-bond acceptors (Lipinski definition) is 7.